The van der Waals surface area contributed by atoms with Crippen LogP contribution in [0.25, 0.3) is 0 Å². The number of rotatable bonds is 6. The maximum Gasteiger partial charge on any atom is 0.259 e. The summed E-state index contributed by atoms with van der Waals surface area (Å²) in [6.45, 7) is 12.6. The first-order valence-corrected chi connectivity index (χ1v) is 7.33. The molecule has 2 nitrogen and oxygen atoms in total. The molecule has 0 aromatic heterocycles. The maximum atomic E-state index is 12.3. The molecule has 0 spiro atoms. The highest BCUT2D eigenvalue weighted by molar-refractivity contribution is 8.04. The van der Waals surface area contributed by atoms with Crippen LogP contribution in [0, 0.1) is 5.92 Å². The van der Waals surface area contributed by atoms with Crippen molar-refractivity contribution in [1.29, 1.82) is 0 Å². The molecule has 0 fully saturated rings. The number of allylic oxidation sites excluding steroid dienone is 1. The van der Waals surface area contributed by atoms with Gasteiger partial charge in [-0.1, -0.05) is 40.2 Å². The highest BCUT2D eigenvalue weighted by Gasteiger charge is 2.19. The predicted molar refractivity (Wildman–Crippen MR) is 78.2 cm³/mol. The van der Waals surface area contributed by atoms with Crippen LogP contribution in [0.3, 0.4) is 0 Å². The molecule has 0 rings (SSSR count). The molecule has 0 aromatic rings. The SMILES string of the molecule is CCC(C)/C=C(\SC(C)C)C(=O)N(C)C(C)C. The Kier molecular flexibility index (Phi) is 7.60. The third kappa shape index (κ3) is 6.16. The van der Waals surface area contributed by atoms with E-state index < -0.39 is 0 Å². The number of thioether (sulfide) groups is 1. The van der Waals surface area contributed by atoms with Crippen LogP contribution < -0.4 is 0 Å². The van der Waals surface area contributed by atoms with Crippen molar-refractivity contribution in [3.05, 3.63) is 11.0 Å². The lowest BCUT2D eigenvalue weighted by Gasteiger charge is -2.24. The minimum absolute atomic E-state index is 0.152. The van der Waals surface area contributed by atoms with Crippen LogP contribution in [-0.4, -0.2) is 29.1 Å². The second kappa shape index (κ2) is 7.80. The van der Waals surface area contributed by atoms with Gasteiger partial charge in [-0.3, -0.25) is 4.79 Å². The van der Waals surface area contributed by atoms with Crippen LogP contribution >= 0.6 is 11.8 Å². The number of amides is 1. The van der Waals surface area contributed by atoms with E-state index in [1.165, 1.54) is 0 Å². The topological polar surface area (TPSA) is 20.3 Å². The lowest BCUT2D eigenvalue weighted by Crippen LogP contribution is -2.33. The molecule has 0 N–H and O–H groups in total. The molecule has 0 saturated carbocycles. The Morgan fingerprint density at radius 3 is 2.12 bits per heavy atom. The van der Waals surface area contributed by atoms with Gasteiger partial charge in [0.05, 0.1) is 4.91 Å². The lowest BCUT2D eigenvalue weighted by atomic mass is 10.1. The van der Waals surface area contributed by atoms with E-state index in [9.17, 15) is 4.79 Å². The molecule has 17 heavy (non-hydrogen) atoms. The number of hydrogen-bond acceptors (Lipinski definition) is 2. The molecule has 0 heterocycles. The quantitative estimate of drug-likeness (QED) is 0.672. The van der Waals surface area contributed by atoms with Gasteiger partial charge in [-0.15, -0.1) is 11.8 Å². The van der Waals surface area contributed by atoms with Gasteiger partial charge in [0.25, 0.3) is 5.91 Å². The van der Waals surface area contributed by atoms with Gasteiger partial charge in [0.1, 0.15) is 0 Å². The Balaban J connectivity index is 4.92. The third-order valence-corrected chi connectivity index (χ3v) is 3.78. The van der Waals surface area contributed by atoms with E-state index >= 15 is 0 Å². The van der Waals surface area contributed by atoms with Gasteiger partial charge >= 0.3 is 0 Å². The maximum absolute atomic E-state index is 12.3. The smallest absolute Gasteiger partial charge is 0.259 e. The summed E-state index contributed by atoms with van der Waals surface area (Å²) >= 11 is 1.67. The largest absolute Gasteiger partial charge is 0.339 e. The highest BCUT2D eigenvalue weighted by Crippen LogP contribution is 2.25. The van der Waals surface area contributed by atoms with Crippen molar-refractivity contribution < 1.29 is 4.79 Å². The van der Waals surface area contributed by atoms with E-state index in [1.807, 2.05) is 25.8 Å². The summed E-state index contributed by atoms with van der Waals surface area (Å²) in [6.07, 6.45) is 3.19. The summed E-state index contributed by atoms with van der Waals surface area (Å²) in [5.41, 5.74) is 0. The van der Waals surface area contributed by atoms with Gasteiger partial charge in [0, 0.05) is 18.3 Å². The van der Waals surface area contributed by atoms with Gasteiger partial charge in [-0.2, -0.15) is 0 Å². The Morgan fingerprint density at radius 1 is 1.24 bits per heavy atom. The molecule has 0 saturated heterocycles. The molecule has 1 amide bonds. The minimum atomic E-state index is 0.152. The minimum Gasteiger partial charge on any atom is -0.339 e. The monoisotopic (exact) mass is 257 g/mol. The second-order valence-electron chi connectivity index (χ2n) is 5.09. The van der Waals surface area contributed by atoms with E-state index in [1.54, 1.807) is 11.8 Å². The number of nitrogens with zero attached hydrogens (tertiary/aromatic N) is 1. The second-order valence-corrected chi connectivity index (χ2v) is 6.71. The summed E-state index contributed by atoms with van der Waals surface area (Å²) in [6, 6.07) is 0.246. The zero-order chi connectivity index (χ0) is 13.6. The molecule has 0 aliphatic heterocycles. The Labute approximate surface area is 111 Å². The molecule has 0 bridgehead atoms. The van der Waals surface area contributed by atoms with Crippen LogP contribution in [-0.2, 0) is 4.79 Å². The normalized spacial score (nSPS) is 14.3. The van der Waals surface area contributed by atoms with E-state index in [4.69, 9.17) is 0 Å². The zero-order valence-electron chi connectivity index (χ0n) is 12.3. The average molecular weight is 257 g/mol. The van der Waals surface area contributed by atoms with Crippen molar-refractivity contribution in [2.24, 2.45) is 5.92 Å². The molecule has 1 unspecified atom stereocenters. The average Bonchev–Trinajstić information content (AvgIpc) is 2.25. The molecule has 1 atom stereocenters. The van der Waals surface area contributed by atoms with Crippen LogP contribution in [0.2, 0.25) is 0 Å². The van der Waals surface area contributed by atoms with Crippen molar-refractivity contribution in [2.75, 3.05) is 7.05 Å². The molecule has 100 valence electrons. The third-order valence-electron chi connectivity index (χ3n) is 2.75. The first kappa shape index (κ1) is 16.6. The van der Waals surface area contributed by atoms with Gasteiger partial charge in [-0.05, 0) is 19.8 Å². The lowest BCUT2D eigenvalue weighted by molar-refractivity contribution is -0.126. The number of hydrogen-bond donors (Lipinski definition) is 0. The van der Waals surface area contributed by atoms with Crippen molar-refractivity contribution in [2.45, 2.75) is 59.3 Å². The van der Waals surface area contributed by atoms with Gasteiger partial charge in [-0.25, -0.2) is 0 Å². The van der Waals surface area contributed by atoms with Gasteiger partial charge in [0.2, 0.25) is 0 Å². The Morgan fingerprint density at radius 2 is 1.76 bits per heavy atom. The Hall–Kier alpha value is -0.440. The molecule has 0 aliphatic carbocycles. The summed E-state index contributed by atoms with van der Waals surface area (Å²) in [7, 11) is 1.87. The first-order valence-electron chi connectivity index (χ1n) is 6.45. The molecule has 0 aliphatic rings. The predicted octanol–water partition coefficient (Wildman–Crippen LogP) is 3.92. The van der Waals surface area contributed by atoms with Crippen molar-refractivity contribution in [3.8, 4) is 0 Å². The van der Waals surface area contributed by atoms with Gasteiger partial charge in [0.15, 0.2) is 0 Å². The highest BCUT2D eigenvalue weighted by atomic mass is 32.2. The van der Waals surface area contributed by atoms with E-state index in [0.29, 0.717) is 11.2 Å². The summed E-state index contributed by atoms with van der Waals surface area (Å²) in [5, 5.41) is 0.440. The fraction of sp³-hybridized carbons (Fsp3) is 0.786. The van der Waals surface area contributed by atoms with Crippen LogP contribution in [0.4, 0.5) is 0 Å². The van der Waals surface area contributed by atoms with Crippen molar-refractivity contribution in [3.63, 3.8) is 0 Å². The first-order chi connectivity index (χ1) is 7.79. The van der Waals surface area contributed by atoms with Crippen molar-refractivity contribution >= 4 is 17.7 Å². The summed E-state index contributed by atoms with van der Waals surface area (Å²) in [4.78, 5) is 15.0. The fourth-order valence-electron chi connectivity index (χ4n) is 1.20. The number of carbonyl (C=O) groups is 1. The molecular formula is C14H27NOS. The summed E-state index contributed by atoms with van der Waals surface area (Å²) in [5.74, 6) is 0.611. The molecule has 0 aromatic carbocycles. The molecular weight excluding hydrogens is 230 g/mol. The van der Waals surface area contributed by atoms with Crippen molar-refractivity contribution in [1.82, 2.24) is 4.90 Å². The van der Waals surface area contributed by atoms with E-state index in [0.717, 1.165) is 11.3 Å². The van der Waals surface area contributed by atoms with Crippen LogP contribution in [0.15, 0.2) is 11.0 Å². The summed E-state index contributed by atoms with van der Waals surface area (Å²) < 4.78 is 0. The van der Waals surface area contributed by atoms with Gasteiger partial charge < -0.3 is 4.90 Å². The van der Waals surface area contributed by atoms with E-state index in [2.05, 4.69) is 33.8 Å². The standard InChI is InChI=1S/C14H27NOS/c1-8-12(6)9-13(17-11(4)5)14(16)15(7)10(2)3/h9-12H,8H2,1-7H3/b13-9-. The molecule has 3 heteroatoms. The van der Waals surface area contributed by atoms with Crippen LogP contribution in [0.1, 0.15) is 48.0 Å². The van der Waals surface area contributed by atoms with E-state index in [-0.39, 0.29) is 11.9 Å². The van der Waals surface area contributed by atoms with Crippen LogP contribution in [0.5, 0.6) is 0 Å². The Bertz CT molecular complexity index is 271. The molecule has 0 radical (unpaired) electrons. The number of likely N-dealkylation sites (N-methyl/N-ethyl adjacent to an activating group) is 1. The zero-order valence-corrected chi connectivity index (χ0v) is 13.1. The fourth-order valence-corrected chi connectivity index (χ4v) is 2.26. The number of carbonyl (C=O) groups excluding carboxylic acids is 1.